The van der Waals surface area contributed by atoms with Crippen LogP contribution in [0.5, 0.6) is 11.5 Å². The van der Waals surface area contributed by atoms with Gasteiger partial charge in [0.05, 0.1) is 5.56 Å². The van der Waals surface area contributed by atoms with Crippen molar-refractivity contribution < 1.29 is 41.4 Å². The van der Waals surface area contributed by atoms with Crippen molar-refractivity contribution in [2.45, 2.75) is 56.6 Å². The second-order valence-corrected chi connectivity index (χ2v) is 12.5. The van der Waals surface area contributed by atoms with E-state index in [1.165, 1.54) is 12.1 Å². The number of ketones is 1. The molecule has 3 rings (SSSR count). The number of carbonyl (C=O) groups is 1. The van der Waals surface area contributed by atoms with Gasteiger partial charge in [0.1, 0.15) is 0 Å². The van der Waals surface area contributed by atoms with Gasteiger partial charge in [-0.1, -0.05) is 51.1 Å². The number of hydrogen-bond acceptors (Lipinski definition) is 4. The van der Waals surface area contributed by atoms with Crippen molar-refractivity contribution in [2.24, 2.45) is 0 Å². The number of alkyl halides is 5. The Kier molecular flexibility index (Phi) is 5.93. The molecule has 10 heteroatoms. The molecular formula is C22H23F5O4Si. The van der Waals surface area contributed by atoms with Crippen molar-refractivity contribution >= 4 is 14.1 Å². The van der Waals surface area contributed by atoms with Crippen LogP contribution in [0, 0.1) is 0 Å². The van der Waals surface area contributed by atoms with E-state index in [2.05, 4.69) is 0 Å². The van der Waals surface area contributed by atoms with E-state index in [4.69, 9.17) is 4.43 Å². The molecule has 0 heterocycles. The Morgan fingerprint density at radius 3 is 2.00 bits per heavy atom. The molecule has 0 saturated heterocycles. The van der Waals surface area contributed by atoms with Crippen LogP contribution >= 0.6 is 0 Å². The predicted molar refractivity (Wildman–Crippen MR) is 110 cm³/mol. The van der Waals surface area contributed by atoms with Crippen LogP contribution in [0.2, 0.25) is 18.1 Å². The molecule has 0 saturated carbocycles. The fourth-order valence-corrected chi connectivity index (χ4v) is 7.31. The lowest BCUT2D eigenvalue weighted by Gasteiger charge is -2.49. The Morgan fingerprint density at radius 1 is 0.906 bits per heavy atom. The average molecular weight is 474 g/mol. The molecule has 2 aromatic carbocycles. The summed E-state index contributed by atoms with van der Waals surface area (Å²) in [6, 6.07) is 7.07. The quantitative estimate of drug-likeness (QED) is 0.301. The minimum Gasteiger partial charge on any atom is -0.504 e. The number of phenolic OH excluding ortho intramolecular Hbond substituents is 2. The minimum absolute atomic E-state index is 0.255. The van der Waals surface area contributed by atoms with Gasteiger partial charge in [-0.25, -0.2) is 0 Å². The Hall–Kier alpha value is -2.46. The smallest absolute Gasteiger partial charge is 0.457 e. The monoisotopic (exact) mass is 474 g/mol. The lowest BCUT2D eigenvalue weighted by Crippen LogP contribution is -2.63. The minimum atomic E-state index is -6.04. The van der Waals surface area contributed by atoms with Crippen LogP contribution < -0.4 is 0 Å². The predicted octanol–water partition coefficient (Wildman–Crippen LogP) is 6.11. The molecule has 0 bridgehead atoms. The van der Waals surface area contributed by atoms with Gasteiger partial charge in [0.25, 0.3) is 0 Å². The molecule has 0 aliphatic heterocycles. The summed E-state index contributed by atoms with van der Waals surface area (Å²) in [4.78, 5) is 13.1. The molecule has 0 fully saturated rings. The summed E-state index contributed by atoms with van der Waals surface area (Å²) in [5, 5.41) is 20.3. The molecule has 32 heavy (non-hydrogen) atoms. The molecule has 1 unspecified atom stereocenters. The van der Waals surface area contributed by atoms with E-state index in [9.17, 15) is 28.2 Å². The molecule has 0 amide bonds. The van der Waals surface area contributed by atoms with Crippen LogP contribution in [-0.4, -0.2) is 36.4 Å². The lowest BCUT2D eigenvalue weighted by molar-refractivity contribution is -0.333. The molecule has 0 spiro atoms. The Bertz CT molecular complexity index is 1040. The van der Waals surface area contributed by atoms with Gasteiger partial charge in [-0.05, 0) is 24.2 Å². The fraction of sp³-hybridized carbons (Fsp3) is 0.409. The third-order valence-corrected chi connectivity index (χ3v) is 11.0. The van der Waals surface area contributed by atoms with Crippen LogP contribution in [0.15, 0.2) is 36.4 Å². The largest absolute Gasteiger partial charge is 0.504 e. The first-order chi connectivity index (χ1) is 14.8. The van der Waals surface area contributed by atoms with E-state index < -0.39 is 65.6 Å². The summed E-state index contributed by atoms with van der Waals surface area (Å²) >= 11 is 0. The molecule has 4 nitrogen and oxygen atoms in total. The highest BCUT2D eigenvalue weighted by atomic mass is 28.4. The second kappa shape index (κ2) is 7.84. The molecule has 0 aromatic heterocycles. The normalized spacial score (nSPS) is 18.9. The van der Waals surface area contributed by atoms with E-state index in [1.807, 2.05) is 0 Å². The number of hydrogen-bond donors (Lipinski definition) is 2. The molecule has 1 atom stereocenters. The summed E-state index contributed by atoms with van der Waals surface area (Å²) in [6.07, 6.45) is -6.04. The maximum absolute atomic E-state index is 15.6. The van der Waals surface area contributed by atoms with Gasteiger partial charge < -0.3 is 14.6 Å². The lowest BCUT2D eigenvalue weighted by atomic mass is 9.70. The molecule has 174 valence electrons. The average Bonchev–Trinajstić information content (AvgIpc) is 2.75. The van der Waals surface area contributed by atoms with Gasteiger partial charge in [-0.3, -0.25) is 4.79 Å². The van der Waals surface area contributed by atoms with Gasteiger partial charge >= 0.3 is 12.1 Å². The van der Waals surface area contributed by atoms with E-state index in [0.29, 0.717) is 0 Å². The first-order valence-electron chi connectivity index (χ1n) is 10.2. The van der Waals surface area contributed by atoms with Gasteiger partial charge in [-0.15, -0.1) is 0 Å². The Labute approximate surface area is 182 Å². The third kappa shape index (κ3) is 3.14. The highest BCUT2D eigenvalue weighted by Crippen LogP contribution is 2.60. The van der Waals surface area contributed by atoms with Crippen molar-refractivity contribution in [3.63, 3.8) is 0 Å². The Balaban J connectivity index is 2.57. The molecule has 2 aromatic rings. The Morgan fingerprint density at radius 2 is 1.47 bits per heavy atom. The number of aromatic hydroxyl groups is 2. The molecular weight excluding hydrogens is 451 g/mol. The summed E-state index contributed by atoms with van der Waals surface area (Å²) in [7, 11) is -3.19. The van der Waals surface area contributed by atoms with Crippen molar-refractivity contribution in [2.75, 3.05) is 0 Å². The van der Waals surface area contributed by atoms with Crippen LogP contribution in [0.1, 0.15) is 47.8 Å². The molecule has 0 radical (unpaired) electrons. The van der Waals surface area contributed by atoms with Crippen molar-refractivity contribution in [1.82, 2.24) is 0 Å². The van der Waals surface area contributed by atoms with E-state index >= 15 is 8.78 Å². The maximum atomic E-state index is 15.6. The number of rotatable bonds is 6. The summed E-state index contributed by atoms with van der Waals surface area (Å²) < 4.78 is 79.3. The van der Waals surface area contributed by atoms with Gasteiger partial charge in [0.15, 0.2) is 31.2 Å². The zero-order valence-corrected chi connectivity index (χ0v) is 18.7. The number of halogens is 5. The van der Waals surface area contributed by atoms with Crippen LogP contribution in [-0.2, 0) is 10.0 Å². The van der Waals surface area contributed by atoms with Gasteiger partial charge in [0, 0.05) is 16.7 Å². The third-order valence-electron chi connectivity index (χ3n) is 6.41. The van der Waals surface area contributed by atoms with Gasteiger partial charge in [0.2, 0.25) is 0 Å². The zero-order chi connectivity index (χ0) is 24.1. The first-order valence-corrected chi connectivity index (χ1v) is 12.7. The van der Waals surface area contributed by atoms with E-state index in [1.54, 1.807) is 20.8 Å². The highest BCUT2D eigenvalue weighted by molar-refractivity contribution is 6.73. The van der Waals surface area contributed by atoms with Gasteiger partial charge in [-0.2, -0.15) is 22.0 Å². The summed E-state index contributed by atoms with van der Waals surface area (Å²) in [5.41, 5.74) is -6.11. The second-order valence-electron chi connectivity index (χ2n) is 7.83. The molecule has 2 N–H and O–H groups in total. The van der Waals surface area contributed by atoms with Crippen LogP contribution in [0.3, 0.4) is 0 Å². The van der Waals surface area contributed by atoms with Crippen LogP contribution in [0.4, 0.5) is 22.0 Å². The van der Waals surface area contributed by atoms with Crippen molar-refractivity contribution in [1.29, 1.82) is 0 Å². The summed E-state index contributed by atoms with van der Waals surface area (Å²) in [5.74, 6) is -8.32. The fourth-order valence-electron chi connectivity index (χ4n) is 4.37. The number of fused-ring (bicyclic) bond motifs is 2. The maximum Gasteiger partial charge on any atom is 0.457 e. The SMILES string of the molecule is CC[Si](CC)(CC)OC1(C(F)(F)C(F)(F)F)c2ccccc2C(=O)c2c1ccc(O)c2O. The van der Waals surface area contributed by atoms with E-state index in [-0.39, 0.29) is 18.1 Å². The van der Waals surface area contributed by atoms with E-state index in [0.717, 1.165) is 24.3 Å². The summed E-state index contributed by atoms with van der Waals surface area (Å²) in [6.45, 7) is 5.02. The van der Waals surface area contributed by atoms with Crippen LogP contribution in [0.25, 0.3) is 0 Å². The molecule has 1 aliphatic rings. The topological polar surface area (TPSA) is 66.8 Å². The zero-order valence-electron chi connectivity index (χ0n) is 17.7. The highest BCUT2D eigenvalue weighted by Gasteiger charge is 2.75. The number of phenols is 2. The van der Waals surface area contributed by atoms with Crippen molar-refractivity contribution in [3.8, 4) is 11.5 Å². The number of benzene rings is 2. The van der Waals surface area contributed by atoms with Crippen molar-refractivity contribution in [3.05, 3.63) is 58.7 Å². The first kappa shape index (κ1) is 24.2. The number of carbonyl (C=O) groups excluding carboxylic acids is 1. The standard InChI is InChI=1S/C22H23F5O4Si/c1-4-32(5-2,6-3)31-20(21(23,24)22(25,26)27)14-10-8-7-9-13(14)18(29)17-15(20)11-12-16(28)19(17)30/h7-12,28,30H,4-6H2,1-3H3. The molecule has 1 aliphatic carbocycles.